The first-order chi connectivity index (χ1) is 11.9. The van der Waals surface area contributed by atoms with Gasteiger partial charge >= 0.3 is 0 Å². The molecule has 1 fully saturated rings. The van der Waals surface area contributed by atoms with Gasteiger partial charge in [0, 0.05) is 12.2 Å². The van der Waals surface area contributed by atoms with Crippen LogP contribution < -0.4 is 10.6 Å². The molecule has 0 aliphatic heterocycles. The summed E-state index contributed by atoms with van der Waals surface area (Å²) in [6.07, 6.45) is 0.562. The van der Waals surface area contributed by atoms with E-state index in [9.17, 15) is 14.0 Å². The highest BCUT2D eigenvalue weighted by Crippen LogP contribution is 2.39. The third-order valence-electron chi connectivity index (χ3n) is 4.48. The second kappa shape index (κ2) is 7.05. The van der Waals surface area contributed by atoms with Crippen LogP contribution in [0.25, 0.3) is 0 Å². The van der Waals surface area contributed by atoms with E-state index in [0.29, 0.717) is 13.0 Å². The van der Waals surface area contributed by atoms with Crippen LogP contribution in [0.1, 0.15) is 23.1 Å². The number of amides is 2. The van der Waals surface area contributed by atoms with Crippen molar-refractivity contribution in [2.24, 2.45) is 11.8 Å². The third kappa shape index (κ3) is 4.24. The van der Waals surface area contributed by atoms with E-state index in [2.05, 4.69) is 10.6 Å². The largest absolute Gasteiger partial charge is 0.352 e. The molecule has 3 rings (SSSR count). The SMILES string of the molecule is Cc1ccc(NC(=O)C2CC2C(=O)NCc2ccc(F)cc2)c(C)c1. The lowest BCUT2D eigenvalue weighted by Crippen LogP contribution is -2.27. The highest BCUT2D eigenvalue weighted by Gasteiger charge is 2.47. The molecule has 0 spiro atoms. The number of benzene rings is 2. The molecule has 0 saturated heterocycles. The molecular weight excluding hydrogens is 319 g/mol. The number of halogens is 1. The fraction of sp³-hybridized carbons (Fsp3) is 0.300. The highest BCUT2D eigenvalue weighted by atomic mass is 19.1. The average Bonchev–Trinajstić information content (AvgIpc) is 3.37. The maximum absolute atomic E-state index is 12.9. The summed E-state index contributed by atoms with van der Waals surface area (Å²) in [5.41, 5.74) is 3.76. The first-order valence-corrected chi connectivity index (χ1v) is 8.34. The molecule has 4 nitrogen and oxygen atoms in total. The molecule has 1 saturated carbocycles. The van der Waals surface area contributed by atoms with Gasteiger partial charge in [0.1, 0.15) is 5.82 Å². The predicted octanol–water partition coefficient (Wildman–Crippen LogP) is 3.33. The van der Waals surface area contributed by atoms with E-state index in [4.69, 9.17) is 0 Å². The number of hydrogen-bond acceptors (Lipinski definition) is 2. The zero-order valence-electron chi connectivity index (χ0n) is 14.3. The van der Waals surface area contributed by atoms with Crippen LogP contribution in [0, 0.1) is 31.5 Å². The van der Waals surface area contributed by atoms with Crippen molar-refractivity contribution in [2.75, 3.05) is 5.32 Å². The van der Waals surface area contributed by atoms with Crippen LogP contribution in [0.4, 0.5) is 10.1 Å². The summed E-state index contributed by atoms with van der Waals surface area (Å²) >= 11 is 0. The Morgan fingerprint density at radius 1 is 1.04 bits per heavy atom. The van der Waals surface area contributed by atoms with Crippen molar-refractivity contribution in [1.82, 2.24) is 5.32 Å². The van der Waals surface area contributed by atoms with Gasteiger partial charge in [-0.25, -0.2) is 4.39 Å². The smallest absolute Gasteiger partial charge is 0.228 e. The van der Waals surface area contributed by atoms with Crippen LogP contribution in [-0.4, -0.2) is 11.8 Å². The van der Waals surface area contributed by atoms with Crippen LogP contribution >= 0.6 is 0 Å². The van der Waals surface area contributed by atoms with Gasteiger partial charge in [-0.05, 0) is 49.6 Å². The van der Waals surface area contributed by atoms with Crippen LogP contribution in [-0.2, 0) is 16.1 Å². The van der Waals surface area contributed by atoms with Crippen LogP contribution in [0.5, 0.6) is 0 Å². The summed E-state index contributed by atoms with van der Waals surface area (Å²) in [7, 11) is 0. The van der Waals surface area contributed by atoms with Crippen molar-refractivity contribution in [3.05, 3.63) is 65.0 Å². The zero-order valence-corrected chi connectivity index (χ0v) is 14.3. The van der Waals surface area contributed by atoms with Gasteiger partial charge in [0.15, 0.2) is 0 Å². The Morgan fingerprint density at radius 3 is 2.40 bits per heavy atom. The lowest BCUT2D eigenvalue weighted by atomic mass is 10.1. The Kier molecular flexibility index (Phi) is 4.83. The van der Waals surface area contributed by atoms with Gasteiger partial charge in [-0.15, -0.1) is 0 Å². The molecule has 2 N–H and O–H groups in total. The topological polar surface area (TPSA) is 58.2 Å². The minimum atomic E-state index is -0.305. The van der Waals surface area contributed by atoms with Crippen molar-refractivity contribution in [1.29, 1.82) is 0 Å². The van der Waals surface area contributed by atoms with Gasteiger partial charge in [-0.1, -0.05) is 29.8 Å². The summed E-state index contributed by atoms with van der Waals surface area (Å²) in [5.74, 6) is -1.13. The van der Waals surface area contributed by atoms with E-state index in [-0.39, 0.29) is 29.5 Å². The fourth-order valence-electron chi connectivity index (χ4n) is 2.88. The number of carbonyl (C=O) groups excluding carboxylic acids is 2. The molecule has 1 aliphatic rings. The fourth-order valence-corrected chi connectivity index (χ4v) is 2.88. The number of hydrogen-bond donors (Lipinski definition) is 2. The summed E-state index contributed by atoms with van der Waals surface area (Å²) in [6, 6.07) is 11.8. The van der Waals surface area contributed by atoms with Crippen LogP contribution in [0.3, 0.4) is 0 Å². The molecule has 0 bridgehead atoms. The molecule has 2 amide bonds. The van der Waals surface area contributed by atoms with Gasteiger partial charge in [-0.2, -0.15) is 0 Å². The second-order valence-electron chi connectivity index (χ2n) is 6.60. The van der Waals surface area contributed by atoms with Gasteiger partial charge in [0.05, 0.1) is 11.8 Å². The molecule has 2 aromatic rings. The van der Waals surface area contributed by atoms with E-state index in [0.717, 1.165) is 22.4 Å². The molecule has 2 atom stereocenters. The van der Waals surface area contributed by atoms with Gasteiger partial charge in [0.2, 0.25) is 11.8 Å². The van der Waals surface area contributed by atoms with Gasteiger partial charge in [0.25, 0.3) is 0 Å². The molecular formula is C20H21FN2O2. The molecule has 2 unspecified atom stereocenters. The van der Waals surface area contributed by atoms with Crippen molar-refractivity contribution in [3.63, 3.8) is 0 Å². The number of anilines is 1. The number of nitrogens with one attached hydrogen (secondary N) is 2. The van der Waals surface area contributed by atoms with E-state index >= 15 is 0 Å². The van der Waals surface area contributed by atoms with Gasteiger partial charge < -0.3 is 10.6 Å². The lowest BCUT2D eigenvalue weighted by Gasteiger charge is -2.09. The number of rotatable bonds is 5. The van der Waals surface area contributed by atoms with E-state index < -0.39 is 0 Å². The van der Waals surface area contributed by atoms with Crippen LogP contribution in [0.15, 0.2) is 42.5 Å². The molecule has 25 heavy (non-hydrogen) atoms. The van der Waals surface area contributed by atoms with E-state index in [1.807, 2.05) is 32.0 Å². The first kappa shape index (κ1) is 17.1. The van der Waals surface area contributed by atoms with Crippen molar-refractivity contribution >= 4 is 17.5 Å². The molecule has 0 radical (unpaired) electrons. The maximum Gasteiger partial charge on any atom is 0.228 e. The molecule has 5 heteroatoms. The number of carbonyl (C=O) groups is 2. The van der Waals surface area contributed by atoms with Crippen molar-refractivity contribution in [2.45, 2.75) is 26.8 Å². The Morgan fingerprint density at radius 2 is 1.72 bits per heavy atom. The summed E-state index contributed by atoms with van der Waals surface area (Å²) in [4.78, 5) is 24.5. The maximum atomic E-state index is 12.9. The molecule has 1 aliphatic carbocycles. The summed E-state index contributed by atoms with van der Waals surface area (Å²) in [6.45, 7) is 4.28. The molecule has 0 aromatic heterocycles. The highest BCUT2D eigenvalue weighted by molar-refractivity contribution is 5.99. The minimum absolute atomic E-state index is 0.117. The molecule has 2 aromatic carbocycles. The third-order valence-corrected chi connectivity index (χ3v) is 4.48. The molecule has 0 heterocycles. The lowest BCUT2D eigenvalue weighted by molar-refractivity contribution is -0.125. The van der Waals surface area contributed by atoms with Gasteiger partial charge in [-0.3, -0.25) is 9.59 Å². The quantitative estimate of drug-likeness (QED) is 0.877. The minimum Gasteiger partial charge on any atom is -0.352 e. The average molecular weight is 340 g/mol. The Bertz CT molecular complexity index is 802. The monoisotopic (exact) mass is 340 g/mol. The Hall–Kier alpha value is -2.69. The second-order valence-corrected chi connectivity index (χ2v) is 6.60. The molecule has 130 valence electrons. The predicted molar refractivity (Wildman–Crippen MR) is 94.4 cm³/mol. The zero-order chi connectivity index (χ0) is 18.0. The van der Waals surface area contributed by atoms with E-state index in [1.54, 1.807) is 12.1 Å². The first-order valence-electron chi connectivity index (χ1n) is 8.34. The standard InChI is InChI=1S/C20H21FN2O2/c1-12-3-8-18(13(2)9-12)23-20(25)17-10-16(17)19(24)22-11-14-4-6-15(21)7-5-14/h3-9,16-17H,10-11H2,1-2H3,(H,22,24)(H,23,25). The van der Waals surface area contributed by atoms with Crippen molar-refractivity contribution < 1.29 is 14.0 Å². The number of aryl methyl sites for hydroxylation is 2. The van der Waals surface area contributed by atoms with E-state index in [1.165, 1.54) is 12.1 Å². The summed E-state index contributed by atoms with van der Waals surface area (Å²) < 4.78 is 12.9. The Labute approximate surface area is 146 Å². The van der Waals surface area contributed by atoms with Crippen LogP contribution in [0.2, 0.25) is 0 Å². The normalized spacial score (nSPS) is 18.5. The summed E-state index contributed by atoms with van der Waals surface area (Å²) in [5, 5.41) is 5.71. The van der Waals surface area contributed by atoms with Crippen molar-refractivity contribution in [3.8, 4) is 0 Å². The Balaban J connectivity index is 1.50.